The minimum Gasteiger partial charge on any atom is -0.467 e. The zero-order chi connectivity index (χ0) is 18.0. The number of hydrogen-bond donors (Lipinski definition) is 2. The molecule has 6 heteroatoms. The zero-order valence-electron chi connectivity index (χ0n) is 14.5. The monoisotopic (exact) mass is 339 g/mol. The summed E-state index contributed by atoms with van der Waals surface area (Å²) in [5.74, 6) is 0.0778. The van der Waals surface area contributed by atoms with Crippen molar-refractivity contribution in [1.82, 2.24) is 15.1 Å². The van der Waals surface area contributed by atoms with Crippen LogP contribution < -0.4 is 5.32 Å². The summed E-state index contributed by atoms with van der Waals surface area (Å²) in [5, 5.41) is 17.0. The Morgan fingerprint density at radius 2 is 1.96 bits per heavy atom. The number of nitrogens with one attached hydrogen (secondary N) is 1. The van der Waals surface area contributed by atoms with Gasteiger partial charge in [-0.1, -0.05) is 6.07 Å². The SMILES string of the molecule is Cc1cc(C)cc(-n2nc(C(=O)NC[C@H](O)c3ccco3)cc2C)c1. The molecule has 3 rings (SSSR count). The average molecular weight is 339 g/mol. The fourth-order valence-electron chi connectivity index (χ4n) is 2.78. The van der Waals surface area contributed by atoms with E-state index in [0.717, 1.165) is 22.5 Å². The van der Waals surface area contributed by atoms with E-state index in [1.165, 1.54) is 6.26 Å². The van der Waals surface area contributed by atoms with Crippen molar-refractivity contribution in [3.8, 4) is 5.69 Å². The molecule has 1 aromatic carbocycles. The van der Waals surface area contributed by atoms with Gasteiger partial charge in [-0.05, 0) is 62.2 Å². The quantitative estimate of drug-likeness (QED) is 0.749. The van der Waals surface area contributed by atoms with E-state index in [9.17, 15) is 9.90 Å². The first-order valence-corrected chi connectivity index (χ1v) is 8.09. The van der Waals surface area contributed by atoms with Gasteiger partial charge < -0.3 is 14.8 Å². The van der Waals surface area contributed by atoms with Gasteiger partial charge in [0.15, 0.2) is 5.69 Å². The van der Waals surface area contributed by atoms with E-state index < -0.39 is 6.10 Å². The van der Waals surface area contributed by atoms with Crippen molar-refractivity contribution in [2.24, 2.45) is 0 Å². The molecule has 0 fully saturated rings. The molecule has 3 aromatic rings. The highest BCUT2D eigenvalue weighted by Gasteiger charge is 2.16. The van der Waals surface area contributed by atoms with Gasteiger partial charge in [-0.25, -0.2) is 4.68 Å². The van der Waals surface area contributed by atoms with Gasteiger partial charge in [0, 0.05) is 5.69 Å². The summed E-state index contributed by atoms with van der Waals surface area (Å²) in [6.45, 7) is 6.01. The number of furan rings is 1. The third-order valence-corrected chi connectivity index (χ3v) is 3.90. The average Bonchev–Trinajstić information content (AvgIpc) is 3.21. The van der Waals surface area contributed by atoms with E-state index in [0.29, 0.717) is 11.5 Å². The highest BCUT2D eigenvalue weighted by molar-refractivity contribution is 5.92. The molecule has 25 heavy (non-hydrogen) atoms. The van der Waals surface area contributed by atoms with Crippen LogP contribution >= 0.6 is 0 Å². The van der Waals surface area contributed by atoms with Gasteiger partial charge in [0.1, 0.15) is 11.9 Å². The molecule has 0 aliphatic heterocycles. The van der Waals surface area contributed by atoms with Crippen LogP contribution in [-0.2, 0) is 0 Å². The molecule has 6 nitrogen and oxygen atoms in total. The van der Waals surface area contributed by atoms with Crippen molar-refractivity contribution in [3.05, 3.63) is 70.9 Å². The lowest BCUT2D eigenvalue weighted by Gasteiger charge is -2.08. The van der Waals surface area contributed by atoms with Crippen molar-refractivity contribution in [1.29, 1.82) is 0 Å². The molecule has 2 N–H and O–H groups in total. The number of carbonyl (C=O) groups is 1. The van der Waals surface area contributed by atoms with E-state index >= 15 is 0 Å². The molecule has 0 saturated heterocycles. The maximum Gasteiger partial charge on any atom is 0.271 e. The summed E-state index contributed by atoms with van der Waals surface area (Å²) in [4.78, 5) is 12.3. The normalized spacial score (nSPS) is 12.2. The third kappa shape index (κ3) is 3.80. The van der Waals surface area contributed by atoms with Gasteiger partial charge >= 0.3 is 0 Å². The Bertz CT molecular complexity index is 861. The summed E-state index contributed by atoms with van der Waals surface area (Å²) in [6, 6.07) is 11.2. The minimum absolute atomic E-state index is 0.0573. The maximum atomic E-state index is 12.3. The number of hydrogen-bond acceptors (Lipinski definition) is 4. The summed E-state index contributed by atoms with van der Waals surface area (Å²) >= 11 is 0. The first-order valence-electron chi connectivity index (χ1n) is 8.09. The summed E-state index contributed by atoms with van der Waals surface area (Å²) in [5.41, 5.74) is 4.37. The van der Waals surface area contributed by atoms with E-state index in [4.69, 9.17) is 4.42 Å². The topological polar surface area (TPSA) is 80.3 Å². The van der Waals surface area contributed by atoms with Gasteiger partial charge in [0.05, 0.1) is 18.5 Å². The molecular formula is C19H21N3O3. The highest BCUT2D eigenvalue weighted by Crippen LogP contribution is 2.16. The molecule has 0 unspecified atom stereocenters. The number of amides is 1. The van der Waals surface area contributed by atoms with Crippen LogP contribution in [-0.4, -0.2) is 27.3 Å². The Morgan fingerprint density at radius 1 is 1.24 bits per heavy atom. The van der Waals surface area contributed by atoms with Crippen LogP contribution in [0, 0.1) is 20.8 Å². The summed E-state index contributed by atoms with van der Waals surface area (Å²) < 4.78 is 6.86. The minimum atomic E-state index is -0.887. The molecule has 1 atom stereocenters. The van der Waals surface area contributed by atoms with Gasteiger partial charge in [-0.2, -0.15) is 5.10 Å². The molecule has 130 valence electrons. The van der Waals surface area contributed by atoms with E-state index in [1.807, 2.05) is 32.9 Å². The highest BCUT2D eigenvalue weighted by atomic mass is 16.4. The lowest BCUT2D eigenvalue weighted by molar-refractivity contribution is 0.0896. The second-order valence-corrected chi connectivity index (χ2v) is 6.17. The van der Waals surface area contributed by atoms with E-state index in [2.05, 4.69) is 16.5 Å². The number of benzene rings is 1. The number of aryl methyl sites for hydroxylation is 3. The van der Waals surface area contributed by atoms with E-state index in [-0.39, 0.29) is 12.5 Å². The standard InChI is InChI=1S/C19H21N3O3/c1-12-7-13(2)9-15(8-12)22-14(3)10-16(21-22)19(24)20-11-17(23)18-5-4-6-25-18/h4-10,17,23H,11H2,1-3H3,(H,20,24)/t17-/m0/s1. The largest absolute Gasteiger partial charge is 0.467 e. The molecule has 2 heterocycles. The fourth-order valence-corrected chi connectivity index (χ4v) is 2.78. The Kier molecular flexibility index (Phi) is 4.72. The van der Waals surface area contributed by atoms with Gasteiger partial charge in [0.25, 0.3) is 5.91 Å². The first kappa shape index (κ1) is 17.0. The molecule has 1 amide bonds. The third-order valence-electron chi connectivity index (χ3n) is 3.90. The molecular weight excluding hydrogens is 318 g/mol. The van der Waals surface area contributed by atoms with Crippen LogP contribution in [0.15, 0.2) is 47.1 Å². The Morgan fingerprint density at radius 3 is 2.60 bits per heavy atom. The molecule has 0 saturated carbocycles. The number of carbonyl (C=O) groups excluding carboxylic acids is 1. The van der Waals surface area contributed by atoms with Gasteiger partial charge in [-0.3, -0.25) is 4.79 Å². The Hall–Kier alpha value is -2.86. The van der Waals surface area contributed by atoms with Gasteiger partial charge in [0.2, 0.25) is 0 Å². The summed E-state index contributed by atoms with van der Waals surface area (Å²) in [6.07, 6.45) is 0.594. The van der Waals surface area contributed by atoms with Crippen molar-refractivity contribution in [2.75, 3.05) is 6.54 Å². The van der Waals surface area contributed by atoms with Crippen LogP contribution in [0.4, 0.5) is 0 Å². The van der Waals surface area contributed by atoms with Crippen LogP contribution in [0.25, 0.3) is 5.69 Å². The fraction of sp³-hybridized carbons (Fsp3) is 0.263. The predicted molar refractivity (Wildman–Crippen MR) is 93.8 cm³/mol. The zero-order valence-corrected chi connectivity index (χ0v) is 14.5. The number of nitrogens with zero attached hydrogens (tertiary/aromatic N) is 2. The molecule has 0 bridgehead atoms. The molecule has 0 spiro atoms. The predicted octanol–water partition coefficient (Wildman–Crippen LogP) is 2.85. The lowest BCUT2D eigenvalue weighted by atomic mass is 10.1. The van der Waals surface area contributed by atoms with E-state index in [1.54, 1.807) is 22.9 Å². The first-order chi connectivity index (χ1) is 11.9. The second kappa shape index (κ2) is 6.94. The summed E-state index contributed by atoms with van der Waals surface area (Å²) in [7, 11) is 0. The van der Waals surface area contributed by atoms with Crippen molar-refractivity contribution in [2.45, 2.75) is 26.9 Å². The molecule has 0 aliphatic carbocycles. The van der Waals surface area contributed by atoms with Gasteiger partial charge in [-0.15, -0.1) is 0 Å². The Balaban J connectivity index is 1.74. The van der Waals surface area contributed by atoms with Crippen LogP contribution in [0.5, 0.6) is 0 Å². The second-order valence-electron chi connectivity index (χ2n) is 6.17. The molecule has 0 radical (unpaired) electrons. The number of aliphatic hydroxyl groups excluding tert-OH is 1. The van der Waals surface area contributed by atoms with Crippen LogP contribution in [0.2, 0.25) is 0 Å². The number of aromatic nitrogens is 2. The smallest absolute Gasteiger partial charge is 0.271 e. The van der Waals surface area contributed by atoms with Crippen molar-refractivity contribution >= 4 is 5.91 Å². The molecule has 0 aliphatic rings. The van der Waals surface area contributed by atoms with Crippen molar-refractivity contribution < 1.29 is 14.3 Å². The molecule has 2 aromatic heterocycles. The van der Waals surface area contributed by atoms with Crippen LogP contribution in [0.3, 0.4) is 0 Å². The van der Waals surface area contributed by atoms with Crippen LogP contribution in [0.1, 0.15) is 39.2 Å². The lowest BCUT2D eigenvalue weighted by Crippen LogP contribution is -2.28. The maximum absolute atomic E-state index is 12.3. The van der Waals surface area contributed by atoms with Crippen molar-refractivity contribution in [3.63, 3.8) is 0 Å². The number of rotatable bonds is 5. The Labute approximate surface area is 146 Å². The number of aliphatic hydroxyl groups is 1.